The first kappa shape index (κ1) is 13.0. The van der Waals surface area contributed by atoms with Gasteiger partial charge in [0.2, 0.25) is 16.9 Å². The molecule has 0 aliphatic carbocycles. The van der Waals surface area contributed by atoms with Crippen molar-refractivity contribution in [3.63, 3.8) is 0 Å². The summed E-state index contributed by atoms with van der Waals surface area (Å²) in [5.74, 6) is 1.90. The van der Waals surface area contributed by atoms with Gasteiger partial charge in [0.1, 0.15) is 0 Å². The number of rotatable bonds is 7. The highest BCUT2D eigenvalue weighted by Crippen LogP contribution is 2.27. The van der Waals surface area contributed by atoms with Gasteiger partial charge in [-0.25, -0.2) is 0 Å². The number of hydrogen-bond donors (Lipinski definition) is 1. The Hall–Kier alpha value is -1.41. The van der Waals surface area contributed by atoms with Crippen LogP contribution in [0.1, 0.15) is 18.7 Å². The van der Waals surface area contributed by atoms with E-state index in [0.29, 0.717) is 24.1 Å². The van der Waals surface area contributed by atoms with E-state index in [4.69, 9.17) is 4.42 Å². The van der Waals surface area contributed by atoms with E-state index in [-0.39, 0.29) is 0 Å². The molecule has 96 valence electrons. The molecule has 8 heteroatoms. The highest BCUT2D eigenvalue weighted by atomic mass is 32.2. The van der Waals surface area contributed by atoms with Crippen LogP contribution in [0.2, 0.25) is 0 Å². The van der Waals surface area contributed by atoms with E-state index < -0.39 is 0 Å². The van der Waals surface area contributed by atoms with Crippen LogP contribution in [-0.4, -0.2) is 26.9 Å². The van der Waals surface area contributed by atoms with Gasteiger partial charge in [-0.15, -0.1) is 27.0 Å². The Labute approximate surface area is 113 Å². The monoisotopic (exact) mass is 283 g/mol. The molecule has 0 spiro atoms. The fraction of sp³-hybridized carbons (Fsp3) is 0.400. The predicted molar refractivity (Wildman–Crippen MR) is 71.8 cm³/mol. The first-order valence-electron chi connectivity index (χ1n) is 5.44. The highest BCUT2D eigenvalue weighted by molar-refractivity contribution is 8.00. The maximum absolute atomic E-state index is 5.41. The Morgan fingerprint density at radius 3 is 2.89 bits per heavy atom. The maximum Gasteiger partial charge on any atom is 0.226 e. The number of aromatic nitrogens is 4. The second-order valence-electron chi connectivity index (χ2n) is 3.27. The molecule has 0 amide bonds. The van der Waals surface area contributed by atoms with Crippen molar-refractivity contribution in [2.24, 2.45) is 0 Å². The van der Waals surface area contributed by atoms with E-state index in [0.717, 1.165) is 15.9 Å². The van der Waals surface area contributed by atoms with Gasteiger partial charge < -0.3 is 9.73 Å². The van der Waals surface area contributed by atoms with Gasteiger partial charge in [-0.3, -0.25) is 0 Å². The molecule has 0 saturated heterocycles. The van der Waals surface area contributed by atoms with Crippen LogP contribution in [0.4, 0.5) is 5.13 Å². The molecule has 2 aromatic heterocycles. The third kappa shape index (κ3) is 3.54. The SMILES string of the molecule is C=CCNc1nnc(SCc2nnc(CC)o2)s1. The summed E-state index contributed by atoms with van der Waals surface area (Å²) in [6.07, 6.45) is 2.53. The van der Waals surface area contributed by atoms with Crippen LogP contribution in [0.5, 0.6) is 0 Å². The van der Waals surface area contributed by atoms with Crippen molar-refractivity contribution in [3.05, 3.63) is 24.4 Å². The Balaban J connectivity index is 1.85. The molecular weight excluding hydrogens is 270 g/mol. The fourth-order valence-corrected chi connectivity index (χ4v) is 2.71. The molecule has 2 heterocycles. The minimum Gasteiger partial charge on any atom is -0.424 e. The Morgan fingerprint density at radius 1 is 1.33 bits per heavy atom. The summed E-state index contributed by atoms with van der Waals surface area (Å²) in [7, 11) is 0. The molecular formula is C10H13N5OS2. The molecule has 0 aliphatic heterocycles. The van der Waals surface area contributed by atoms with Crippen LogP contribution < -0.4 is 5.32 Å². The van der Waals surface area contributed by atoms with Crippen molar-refractivity contribution in [3.8, 4) is 0 Å². The molecule has 6 nitrogen and oxygen atoms in total. The topological polar surface area (TPSA) is 76.7 Å². The zero-order chi connectivity index (χ0) is 12.8. The molecule has 0 fully saturated rings. The van der Waals surface area contributed by atoms with Crippen molar-refractivity contribution in [1.82, 2.24) is 20.4 Å². The third-order valence-electron chi connectivity index (χ3n) is 1.93. The molecule has 0 saturated carbocycles. The number of nitrogens with one attached hydrogen (secondary N) is 1. The van der Waals surface area contributed by atoms with Crippen LogP contribution in [0.15, 0.2) is 21.4 Å². The van der Waals surface area contributed by atoms with Gasteiger partial charge in [0.25, 0.3) is 0 Å². The summed E-state index contributed by atoms with van der Waals surface area (Å²) in [6.45, 7) is 6.29. The molecule has 0 aromatic carbocycles. The van der Waals surface area contributed by atoms with Crippen LogP contribution in [0, 0.1) is 0 Å². The van der Waals surface area contributed by atoms with Gasteiger partial charge in [-0.05, 0) is 0 Å². The molecule has 2 rings (SSSR count). The minimum atomic E-state index is 0.614. The third-order valence-corrected chi connectivity index (χ3v) is 3.93. The lowest BCUT2D eigenvalue weighted by Crippen LogP contribution is -1.96. The zero-order valence-electron chi connectivity index (χ0n) is 9.92. The van der Waals surface area contributed by atoms with Crippen molar-refractivity contribution in [2.75, 3.05) is 11.9 Å². The van der Waals surface area contributed by atoms with Gasteiger partial charge in [-0.2, -0.15) is 0 Å². The molecule has 18 heavy (non-hydrogen) atoms. The largest absolute Gasteiger partial charge is 0.424 e. The fourth-order valence-electron chi connectivity index (χ4n) is 1.11. The van der Waals surface area contributed by atoms with Crippen LogP contribution in [0.3, 0.4) is 0 Å². The zero-order valence-corrected chi connectivity index (χ0v) is 11.6. The summed E-state index contributed by atoms with van der Waals surface area (Å²) in [5.41, 5.74) is 0. The second kappa shape index (κ2) is 6.50. The molecule has 0 unspecified atom stereocenters. The second-order valence-corrected chi connectivity index (χ2v) is 5.47. The first-order valence-corrected chi connectivity index (χ1v) is 7.24. The lowest BCUT2D eigenvalue weighted by molar-refractivity contribution is 0.470. The number of thioether (sulfide) groups is 1. The number of anilines is 1. The molecule has 1 N–H and O–H groups in total. The summed E-state index contributed by atoms with van der Waals surface area (Å²) >= 11 is 3.03. The van der Waals surface area contributed by atoms with Crippen LogP contribution in [0.25, 0.3) is 0 Å². The standard InChI is InChI=1S/C10H13N5OS2/c1-3-5-11-9-14-15-10(18-9)17-6-8-13-12-7(4-2)16-8/h3H,1,4-6H2,2H3,(H,11,14). The quantitative estimate of drug-likeness (QED) is 0.617. The van der Waals surface area contributed by atoms with Crippen molar-refractivity contribution in [1.29, 1.82) is 0 Å². The lowest BCUT2D eigenvalue weighted by Gasteiger charge is -1.93. The summed E-state index contributed by atoms with van der Waals surface area (Å²) in [4.78, 5) is 0. The summed E-state index contributed by atoms with van der Waals surface area (Å²) in [6, 6.07) is 0. The molecule has 2 aromatic rings. The molecule has 0 aliphatic rings. The van der Waals surface area contributed by atoms with E-state index in [1.54, 1.807) is 6.08 Å². The predicted octanol–water partition coefficient (Wildman–Crippen LogP) is 2.37. The maximum atomic E-state index is 5.41. The summed E-state index contributed by atoms with van der Waals surface area (Å²) in [5, 5.41) is 19.8. The van der Waals surface area contributed by atoms with Gasteiger partial charge in [0.05, 0.1) is 5.75 Å². The average Bonchev–Trinajstić information content (AvgIpc) is 3.03. The van der Waals surface area contributed by atoms with Crippen LogP contribution in [-0.2, 0) is 12.2 Å². The smallest absolute Gasteiger partial charge is 0.226 e. The lowest BCUT2D eigenvalue weighted by atomic mass is 10.5. The number of hydrogen-bond acceptors (Lipinski definition) is 8. The normalized spacial score (nSPS) is 10.5. The van der Waals surface area contributed by atoms with Gasteiger partial charge in [0.15, 0.2) is 4.34 Å². The van der Waals surface area contributed by atoms with E-state index >= 15 is 0 Å². The van der Waals surface area contributed by atoms with E-state index in [2.05, 4.69) is 32.3 Å². The van der Waals surface area contributed by atoms with Gasteiger partial charge >= 0.3 is 0 Å². The first-order chi connectivity index (χ1) is 8.81. The highest BCUT2D eigenvalue weighted by Gasteiger charge is 2.08. The Bertz CT molecular complexity index is 510. The minimum absolute atomic E-state index is 0.614. The Kier molecular flexibility index (Phi) is 4.71. The van der Waals surface area contributed by atoms with Gasteiger partial charge in [-0.1, -0.05) is 36.1 Å². The molecule has 0 radical (unpaired) electrons. The van der Waals surface area contributed by atoms with Crippen molar-refractivity contribution < 1.29 is 4.42 Å². The van der Waals surface area contributed by atoms with E-state index in [1.165, 1.54) is 23.1 Å². The van der Waals surface area contributed by atoms with E-state index in [1.807, 2.05) is 6.92 Å². The van der Waals surface area contributed by atoms with Crippen LogP contribution >= 0.6 is 23.1 Å². The number of nitrogens with zero attached hydrogens (tertiary/aromatic N) is 4. The molecule has 0 atom stereocenters. The van der Waals surface area contributed by atoms with E-state index in [9.17, 15) is 0 Å². The number of aryl methyl sites for hydroxylation is 1. The van der Waals surface area contributed by atoms with Crippen molar-refractivity contribution in [2.45, 2.75) is 23.4 Å². The molecule has 0 bridgehead atoms. The van der Waals surface area contributed by atoms with Crippen molar-refractivity contribution >= 4 is 28.2 Å². The Morgan fingerprint density at radius 2 is 2.17 bits per heavy atom. The average molecular weight is 283 g/mol. The van der Waals surface area contributed by atoms with Gasteiger partial charge in [0, 0.05) is 13.0 Å². The summed E-state index contributed by atoms with van der Waals surface area (Å²) < 4.78 is 6.28.